The Hall–Kier alpha value is -0.410. The molecule has 1 aromatic heterocycles. The molecular formula is C11H14BrNO. The van der Waals surface area contributed by atoms with E-state index in [1.165, 1.54) is 0 Å². The third-order valence-electron chi connectivity index (χ3n) is 2.76. The lowest BCUT2D eigenvalue weighted by Crippen LogP contribution is -2.44. The molecule has 0 amide bonds. The fourth-order valence-electron chi connectivity index (χ4n) is 2.23. The van der Waals surface area contributed by atoms with Gasteiger partial charge in [-0.1, -0.05) is 6.92 Å². The first-order chi connectivity index (χ1) is 6.57. The molecule has 1 N–H and O–H groups in total. The van der Waals surface area contributed by atoms with Gasteiger partial charge in [-0.15, -0.1) is 0 Å². The van der Waals surface area contributed by atoms with Crippen LogP contribution in [0.25, 0.3) is 0 Å². The van der Waals surface area contributed by atoms with Crippen LogP contribution in [0.3, 0.4) is 0 Å². The van der Waals surface area contributed by atoms with Gasteiger partial charge in [0.05, 0.1) is 5.60 Å². The largest absolute Gasteiger partial charge is 0.389 e. The Bertz CT molecular complexity index is 317. The van der Waals surface area contributed by atoms with E-state index >= 15 is 0 Å². The van der Waals surface area contributed by atoms with Gasteiger partial charge < -0.3 is 5.11 Å². The molecule has 0 spiro atoms. The van der Waals surface area contributed by atoms with E-state index in [1.54, 1.807) is 6.20 Å². The van der Waals surface area contributed by atoms with Crippen LogP contribution in [0.5, 0.6) is 0 Å². The summed E-state index contributed by atoms with van der Waals surface area (Å²) in [6.45, 7) is 2.17. The van der Waals surface area contributed by atoms with E-state index < -0.39 is 5.60 Å². The SMILES string of the molecule is CC1CC(O)(Cc2ccc(Br)cn2)C1. The van der Waals surface area contributed by atoms with Crippen LogP contribution >= 0.6 is 15.9 Å². The van der Waals surface area contributed by atoms with Crippen molar-refractivity contribution in [3.63, 3.8) is 0 Å². The third kappa shape index (κ3) is 2.15. The maximum absolute atomic E-state index is 10.1. The van der Waals surface area contributed by atoms with Crippen LogP contribution in [0.15, 0.2) is 22.8 Å². The molecule has 0 unspecified atom stereocenters. The van der Waals surface area contributed by atoms with Crippen LogP contribution in [-0.2, 0) is 6.42 Å². The van der Waals surface area contributed by atoms with Gasteiger partial charge in [0.15, 0.2) is 0 Å². The first-order valence-corrected chi connectivity index (χ1v) is 5.69. The van der Waals surface area contributed by atoms with Crippen molar-refractivity contribution in [2.75, 3.05) is 0 Å². The maximum atomic E-state index is 10.1. The van der Waals surface area contributed by atoms with Gasteiger partial charge in [-0.05, 0) is 46.8 Å². The molecule has 2 rings (SSSR count). The highest BCUT2D eigenvalue weighted by atomic mass is 79.9. The van der Waals surface area contributed by atoms with E-state index in [2.05, 4.69) is 27.8 Å². The number of halogens is 1. The second kappa shape index (κ2) is 3.63. The van der Waals surface area contributed by atoms with Crippen molar-refractivity contribution in [1.82, 2.24) is 4.98 Å². The molecule has 1 aliphatic carbocycles. The van der Waals surface area contributed by atoms with Crippen LogP contribution in [0.4, 0.5) is 0 Å². The topological polar surface area (TPSA) is 33.1 Å². The normalized spacial score (nSPS) is 31.2. The van der Waals surface area contributed by atoms with Crippen molar-refractivity contribution < 1.29 is 5.11 Å². The summed E-state index contributed by atoms with van der Waals surface area (Å²) in [5.74, 6) is 0.662. The monoisotopic (exact) mass is 255 g/mol. The molecule has 1 aromatic rings. The molecule has 1 fully saturated rings. The molecule has 14 heavy (non-hydrogen) atoms. The van der Waals surface area contributed by atoms with Gasteiger partial charge in [0, 0.05) is 22.8 Å². The first kappa shape index (κ1) is 10.1. The molecule has 0 saturated heterocycles. The molecule has 1 heterocycles. The lowest BCUT2D eigenvalue weighted by molar-refractivity contribution is -0.0672. The minimum absolute atomic E-state index is 0.486. The summed E-state index contributed by atoms with van der Waals surface area (Å²) in [4.78, 5) is 4.26. The zero-order valence-electron chi connectivity index (χ0n) is 8.20. The average Bonchev–Trinajstić information content (AvgIpc) is 2.07. The molecule has 2 nitrogen and oxygen atoms in total. The number of aliphatic hydroxyl groups is 1. The number of aromatic nitrogens is 1. The first-order valence-electron chi connectivity index (χ1n) is 4.90. The molecule has 1 saturated carbocycles. The molecule has 0 bridgehead atoms. The smallest absolute Gasteiger partial charge is 0.0708 e. The Morgan fingerprint density at radius 3 is 2.79 bits per heavy atom. The number of rotatable bonds is 2. The Morgan fingerprint density at radius 2 is 2.29 bits per heavy atom. The lowest BCUT2D eigenvalue weighted by atomic mass is 9.70. The second-order valence-electron chi connectivity index (χ2n) is 4.38. The van der Waals surface area contributed by atoms with Gasteiger partial charge in [-0.2, -0.15) is 0 Å². The Balaban J connectivity index is 2.01. The highest BCUT2D eigenvalue weighted by Gasteiger charge is 2.40. The van der Waals surface area contributed by atoms with Crippen molar-refractivity contribution in [3.05, 3.63) is 28.5 Å². The van der Waals surface area contributed by atoms with E-state index in [0.29, 0.717) is 12.3 Å². The number of nitrogens with zero attached hydrogens (tertiary/aromatic N) is 1. The van der Waals surface area contributed by atoms with Gasteiger partial charge in [-0.3, -0.25) is 4.98 Å². The highest BCUT2D eigenvalue weighted by Crippen LogP contribution is 2.39. The molecule has 1 aliphatic rings. The minimum atomic E-state index is -0.486. The predicted molar refractivity (Wildman–Crippen MR) is 59.0 cm³/mol. The van der Waals surface area contributed by atoms with Gasteiger partial charge >= 0.3 is 0 Å². The Labute approximate surface area is 92.5 Å². The van der Waals surface area contributed by atoms with E-state index in [4.69, 9.17) is 0 Å². The van der Waals surface area contributed by atoms with Crippen molar-refractivity contribution in [1.29, 1.82) is 0 Å². The number of pyridine rings is 1. The minimum Gasteiger partial charge on any atom is -0.389 e. The maximum Gasteiger partial charge on any atom is 0.0708 e. The van der Waals surface area contributed by atoms with E-state index in [0.717, 1.165) is 23.0 Å². The third-order valence-corrected chi connectivity index (χ3v) is 3.22. The summed E-state index contributed by atoms with van der Waals surface area (Å²) < 4.78 is 0.982. The fourth-order valence-corrected chi connectivity index (χ4v) is 2.46. The number of hydrogen-bond donors (Lipinski definition) is 1. The van der Waals surface area contributed by atoms with Crippen LogP contribution in [-0.4, -0.2) is 15.7 Å². The van der Waals surface area contributed by atoms with Gasteiger partial charge in [-0.25, -0.2) is 0 Å². The van der Waals surface area contributed by atoms with Crippen molar-refractivity contribution in [2.45, 2.75) is 31.8 Å². The molecule has 0 atom stereocenters. The van der Waals surface area contributed by atoms with Crippen molar-refractivity contribution in [2.24, 2.45) is 5.92 Å². The van der Waals surface area contributed by atoms with Gasteiger partial charge in [0.2, 0.25) is 0 Å². The Kier molecular flexibility index (Phi) is 2.62. The molecule has 3 heteroatoms. The quantitative estimate of drug-likeness (QED) is 0.882. The lowest BCUT2D eigenvalue weighted by Gasteiger charge is -2.42. The fraction of sp³-hybridized carbons (Fsp3) is 0.545. The predicted octanol–water partition coefficient (Wildman–Crippen LogP) is 2.55. The number of hydrogen-bond acceptors (Lipinski definition) is 2. The molecule has 0 aliphatic heterocycles. The van der Waals surface area contributed by atoms with Crippen LogP contribution in [0.1, 0.15) is 25.5 Å². The van der Waals surface area contributed by atoms with Crippen LogP contribution < -0.4 is 0 Å². The van der Waals surface area contributed by atoms with Gasteiger partial charge in [0.1, 0.15) is 0 Å². The average molecular weight is 256 g/mol. The van der Waals surface area contributed by atoms with Crippen LogP contribution in [0, 0.1) is 5.92 Å². The van der Waals surface area contributed by atoms with Crippen LogP contribution in [0.2, 0.25) is 0 Å². The molecule has 76 valence electrons. The molecule has 0 aromatic carbocycles. The van der Waals surface area contributed by atoms with E-state index in [-0.39, 0.29) is 0 Å². The summed E-state index contributed by atoms with van der Waals surface area (Å²) >= 11 is 3.34. The van der Waals surface area contributed by atoms with E-state index in [1.807, 2.05) is 12.1 Å². The zero-order valence-corrected chi connectivity index (χ0v) is 9.79. The van der Waals surface area contributed by atoms with Crippen molar-refractivity contribution in [3.8, 4) is 0 Å². The van der Waals surface area contributed by atoms with E-state index in [9.17, 15) is 5.11 Å². The molecule has 0 radical (unpaired) electrons. The molecular weight excluding hydrogens is 242 g/mol. The summed E-state index contributed by atoms with van der Waals surface area (Å²) in [5, 5.41) is 10.1. The summed E-state index contributed by atoms with van der Waals surface area (Å²) in [7, 11) is 0. The standard InChI is InChI=1S/C11H14BrNO/c1-8-4-11(14,5-8)6-10-3-2-9(12)7-13-10/h2-3,7-8,14H,4-6H2,1H3. The second-order valence-corrected chi connectivity index (χ2v) is 5.30. The Morgan fingerprint density at radius 1 is 1.57 bits per heavy atom. The summed E-state index contributed by atoms with van der Waals surface area (Å²) in [6, 6.07) is 3.93. The summed E-state index contributed by atoms with van der Waals surface area (Å²) in [6.07, 6.45) is 4.28. The zero-order chi connectivity index (χ0) is 10.2. The highest BCUT2D eigenvalue weighted by molar-refractivity contribution is 9.10. The van der Waals surface area contributed by atoms with Gasteiger partial charge in [0.25, 0.3) is 0 Å². The van der Waals surface area contributed by atoms with Crippen molar-refractivity contribution >= 4 is 15.9 Å². The summed E-state index contributed by atoms with van der Waals surface area (Å²) in [5.41, 5.74) is 0.489.